The van der Waals surface area contributed by atoms with Crippen LogP contribution in [0, 0.1) is 151 Å². The van der Waals surface area contributed by atoms with E-state index in [2.05, 4.69) is 77.6 Å². The molecule has 0 saturated heterocycles. The van der Waals surface area contributed by atoms with Gasteiger partial charge in [-0.2, -0.15) is 0 Å². The van der Waals surface area contributed by atoms with Crippen molar-refractivity contribution < 1.29 is 151 Å². The van der Waals surface area contributed by atoms with Gasteiger partial charge in [-0.05, 0) is 34.6 Å². The van der Waals surface area contributed by atoms with Crippen LogP contribution in [-0.4, -0.2) is 12.1 Å². The normalized spacial score (nSPS) is 17.9. The second-order valence-corrected chi connectivity index (χ2v) is 7.90. The van der Waals surface area contributed by atoms with Gasteiger partial charge in [0, 0.05) is 176 Å². The van der Waals surface area contributed by atoms with Crippen molar-refractivity contribution >= 4 is 29.1 Å². The summed E-state index contributed by atoms with van der Waals surface area (Å²) in [5, 5.41) is 10.2. The fourth-order valence-electron chi connectivity index (χ4n) is 3.49. The molecule has 0 aliphatic heterocycles. The van der Waals surface area contributed by atoms with Gasteiger partial charge in [-0.1, -0.05) is 61.4 Å². The topological polar surface area (TPSA) is 24.1 Å². The van der Waals surface area contributed by atoms with Crippen LogP contribution in [0.4, 0.5) is 0 Å². The van der Waals surface area contributed by atoms with E-state index in [1.165, 1.54) is 47.4 Å². The fraction of sp³-hybridized carbons (Fsp3) is 0.400. The molecule has 1 fully saturated rings. The van der Waals surface area contributed by atoms with E-state index in [0.29, 0.717) is 12.1 Å². The minimum absolute atomic E-state index is 0. The quantitative estimate of drug-likeness (QED) is 0.576. The van der Waals surface area contributed by atoms with Crippen LogP contribution in [0.1, 0.15) is 36.8 Å². The van der Waals surface area contributed by atoms with Gasteiger partial charge in [0.1, 0.15) is 0 Å². The second kappa shape index (κ2) is 19.6. The molecule has 2 N–H and O–H groups in total. The maximum Gasteiger partial charge on any atom is 0.0224 e. The third kappa shape index (κ3) is 11.6. The average Bonchev–Trinajstić information content (AvgIpc) is 2.61. The van der Waals surface area contributed by atoms with Crippen molar-refractivity contribution in [1.29, 1.82) is 0 Å². The predicted octanol–water partition coefficient (Wildman–Crippen LogP) is 2.88. The Morgan fingerprint density at radius 2 is 1.00 bits per heavy atom. The molecular weight excluding hydrogens is 490 g/mol. The van der Waals surface area contributed by atoms with Crippen molar-refractivity contribution in [2.24, 2.45) is 0 Å². The van der Waals surface area contributed by atoms with Gasteiger partial charge in [0.05, 0.1) is 0 Å². The zero-order valence-electron chi connectivity index (χ0n) is 15.6. The molecule has 0 amide bonds. The molecule has 8 heteroatoms. The first-order chi connectivity index (χ1) is 11.7. The van der Waals surface area contributed by atoms with Crippen molar-refractivity contribution in [2.45, 2.75) is 50.9 Å². The summed E-state index contributed by atoms with van der Waals surface area (Å²) in [4.78, 5) is 0. The Kier molecular flexibility index (Phi) is 24.0. The number of hydrogen-bond donors (Lipinski definition) is 2. The molecule has 2 aromatic carbocycles. The molecule has 3 rings (SSSR count). The monoisotopic (exact) mass is 518 g/mol. The largest absolute Gasteiger partial charge is 0.308 e. The Labute approximate surface area is 295 Å². The van der Waals surface area contributed by atoms with Crippen LogP contribution in [0.25, 0.3) is 0 Å². The third-order valence-electron chi connectivity index (χ3n) is 4.99. The third-order valence-corrected chi connectivity index (χ3v) is 6.11. The fourth-order valence-corrected chi connectivity index (χ4v) is 4.11. The Bertz CT molecular complexity index is 619. The Hall–Kier alpha value is 4.26. The van der Waals surface area contributed by atoms with Gasteiger partial charge < -0.3 is 10.6 Å². The molecule has 0 spiro atoms. The van der Waals surface area contributed by atoms with Crippen molar-refractivity contribution in [3.05, 3.63) is 59.7 Å². The van der Waals surface area contributed by atoms with E-state index in [9.17, 15) is 0 Å². The van der Waals surface area contributed by atoms with Crippen LogP contribution in [0.2, 0.25) is 0 Å². The van der Waals surface area contributed by atoms with Gasteiger partial charge in [-0.25, -0.2) is 0 Å². The molecule has 0 heterocycles. The minimum Gasteiger partial charge on any atom is -0.308 e. The van der Waals surface area contributed by atoms with Crippen LogP contribution < -0.4 is 21.2 Å². The standard InChI is InChI=1S/C20H28N2P2.4Ar/c23-19-11-5-1-7-15(19)13-21-17-9-3-4-10-18(17)22-14-16-8-2-6-12-20(16)24;;;;/h1-2,5-8,11-12,17-18,21-22H,3-4,9-10,13-14,23-24H2;;;;. The van der Waals surface area contributed by atoms with Crippen molar-refractivity contribution in [3.63, 3.8) is 0 Å². The molecule has 4 atom stereocenters. The summed E-state index contributed by atoms with van der Waals surface area (Å²) < 4.78 is 0. The van der Waals surface area contributed by atoms with Gasteiger partial charge in [0.15, 0.2) is 0 Å². The minimum atomic E-state index is 0. The van der Waals surface area contributed by atoms with E-state index in [-0.39, 0.29) is 151 Å². The van der Waals surface area contributed by atoms with Gasteiger partial charge in [-0.15, -0.1) is 18.5 Å². The predicted molar refractivity (Wildman–Crippen MR) is 111 cm³/mol. The number of hydrogen-bond acceptors (Lipinski definition) is 2. The van der Waals surface area contributed by atoms with Gasteiger partial charge >= 0.3 is 0 Å². The van der Waals surface area contributed by atoms with Crippen molar-refractivity contribution in [1.82, 2.24) is 10.6 Å². The second-order valence-electron chi connectivity index (χ2n) is 6.66. The first kappa shape index (κ1) is 34.4. The Balaban J connectivity index is 0. The van der Waals surface area contributed by atoms with E-state index >= 15 is 0 Å². The number of nitrogens with one attached hydrogen (secondary N) is 2. The summed E-state index contributed by atoms with van der Waals surface area (Å²) in [6.45, 7) is 1.89. The molecule has 2 nitrogen and oxygen atoms in total. The van der Waals surface area contributed by atoms with Crippen LogP contribution >= 0.6 is 18.5 Å². The van der Waals surface area contributed by atoms with E-state index in [1.807, 2.05) is 0 Å². The number of rotatable bonds is 6. The van der Waals surface area contributed by atoms with Gasteiger partial charge in [0.25, 0.3) is 0 Å². The Morgan fingerprint density at radius 1 is 0.643 bits per heavy atom. The summed E-state index contributed by atoms with van der Waals surface area (Å²) in [5.41, 5.74) is 2.75. The van der Waals surface area contributed by atoms with E-state index in [1.54, 1.807) is 0 Å². The number of benzene rings is 2. The van der Waals surface area contributed by atoms with Crippen LogP contribution in [-0.2, 0) is 13.1 Å². The molecule has 0 bridgehead atoms. The van der Waals surface area contributed by atoms with Gasteiger partial charge in [0.2, 0.25) is 0 Å². The van der Waals surface area contributed by atoms with Crippen LogP contribution in [0.15, 0.2) is 48.5 Å². The zero-order valence-corrected chi connectivity index (χ0v) is 20.7. The van der Waals surface area contributed by atoms with E-state index in [0.717, 1.165) is 13.1 Å². The van der Waals surface area contributed by atoms with Gasteiger partial charge in [-0.3, -0.25) is 0 Å². The molecule has 1 aliphatic carbocycles. The average molecular weight is 518 g/mol. The van der Waals surface area contributed by atoms with E-state index < -0.39 is 0 Å². The Morgan fingerprint density at radius 3 is 1.36 bits per heavy atom. The van der Waals surface area contributed by atoms with Crippen molar-refractivity contribution in [2.75, 3.05) is 0 Å². The molecular formula is C20H28Ar4N2P2. The first-order valence-corrected chi connectivity index (χ1v) is 10.0. The summed E-state index contributed by atoms with van der Waals surface area (Å²) in [6, 6.07) is 18.3. The molecule has 160 valence electrons. The molecule has 2 aromatic rings. The van der Waals surface area contributed by atoms with E-state index in [4.69, 9.17) is 0 Å². The SMILES string of the molecule is Pc1ccccc1CNC1CCCCC1NCc1ccccc1P.[Ar].[Ar].[Ar].[Ar]. The first-order valence-electron chi connectivity index (χ1n) is 8.87. The van der Waals surface area contributed by atoms with Crippen molar-refractivity contribution in [3.8, 4) is 0 Å². The summed E-state index contributed by atoms with van der Waals surface area (Å²) in [5.74, 6) is 0. The molecule has 0 aromatic heterocycles. The van der Waals surface area contributed by atoms with Crippen LogP contribution in [0.3, 0.4) is 0 Å². The molecule has 0 radical (unpaired) electrons. The summed E-state index contributed by atoms with van der Waals surface area (Å²) in [6.07, 6.45) is 5.19. The summed E-state index contributed by atoms with van der Waals surface area (Å²) in [7, 11) is 5.68. The molecule has 4 unspecified atom stereocenters. The summed E-state index contributed by atoms with van der Waals surface area (Å²) >= 11 is 0. The smallest absolute Gasteiger partial charge is 0.0224 e. The molecule has 1 aliphatic rings. The maximum absolute atomic E-state index is 3.80. The maximum atomic E-state index is 3.80. The molecule has 1 saturated carbocycles. The van der Waals surface area contributed by atoms with Crippen LogP contribution in [0.5, 0.6) is 0 Å². The zero-order chi connectivity index (χ0) is 16.8. The molecule has 28 heavy (non-hydrogen) atoms.